The topological polar surface area (TPSA) is 42.4 Å². The van der Waals surface area contributed by atoms with Crippen LogP contribution in [0.5, 0.6) is 5.75 Å². The van der Waals surface area contributed by atoms with Crippen LogP contribution in [0.1, 0.15) is 11.1 Å². The Hall–Kier alpha value is -3.18. The number of aromatic nitrogens is 1. The van der Waals surface area contributed by atoms with E-state index in [0.29, 0.717) is 10.9 Å². The monoisotopic (exact) mass is 388 g/mol. The first-order valence-corrected chi connectivity index (χ1v) is 9.85. The average Bonchev–Trinajstić information content (AvgIpc) is 3.13. The van der Waals surface area contributed by atoms with Crippen molar-refractivity contribution in [2.24, 2.45) is 0 Å². The predicted octanol–water partition coefficient (Wildman–Crippen LogP) is 5.52. The maximum absolute atomic E-state index is 13.4. The number of ether oxygens (including phenoxy) is 1. The molecular weight excluding hydrogens is 368 g/mol. The van der Waals surface area contributed by atoms with E-state index in [1.807, 2.05) is 79.7 Å². The van der Waals surface area contributed by atoms with Crippen molar-refractivity contribution in [3.05, 3.63) is 83.9 Å². The molecule has 0 aliphatic carbocycles. The van der Waals surface area contributed by atoms with E-state index in [9.17, 15) is 4.79 Å². The summed E-state index contributed by atoms with van der Waals surface area (Å²) in [6.07, 6.45) is 0.230. The number of amides is 1. The van der Waals surface area contributed by atoms with Gasteiger partial charge in [-0.05, 0) is 36.8 Å². The molecule has 4 rings (SSSR count). The molecule has 1 heterocycles. The van der Waals surface area contributed by atoms with Gasteiger partial charge in [-0.2, -0.15) is 0 Å². The fourth-order valence-electron chi connectivity index (χ4n) is 3.21. The molecule has 0 aliphatic rings. The van der Waals surface area contributed by atoms with Crippen LogP contribution in [-0.2, 0) is 11.2 Å². The largest absolute Gasteiger partial charge is 0.496 e. The molecule has 0 N–H and O–H groups in total. The van der Waals surface area contributed by atoms with Gasteiger partial charge in [-0.3, -0.25) is 9.69 Å². The minimum absolute atomic E-state index is 0.0437. The molecule has 0 spiro atoms. The van der Waals surface area contributed by atoms with E-state index >= 15 is 0 Å². The second kappa shape index (κ2) is 7.82. The SMILES string of the molecule is COc1ccccc1CC(=O)N(c1nc2ccccc2s1)c1ccccc1C. The highest BCUT2D eigenvalue weighted by Gasteiger charge is 2.24. The first-order valence-electron chi connectivity index (χ1n) is 9.03. The first kappa shape index (κ1) is 18.2. The summed E-state index contributed by atoms with van der Waals surface area (Å²) in [5, 5.41) is 0.676. The van der Waals surface area contributed by atoms with Crippen LogP contribution in [-0.4, -0.2) is 18.0 Å². The molecule has 0 aliphatic heterocycles. The lowest BCUT2D eigenvalue weighted by Gasteiger charge is -2.22. The summed E-state index contributed by atoms with van der Waals surface area (Å²) in [4.78, 5) is 19.9. The number of hydrogen-bond donors (Lipinski definition) is 0. The van der Waals surface area contributed by atoms with Crippen LogP contribution >= 0.6 is 11.3 Å². The summed E-state index contributed by atoms with van der Waals surface area (Å²) in [5.74, 6) is 0.669. The van der Waals surface area contributed by atoms with Crippen molar-refractivity contribution in [3.8, 4) is 5.75 Å². The Balaban J connectivity index is 1.79. The van der Waals surface area contributed by atoms with Crippen molar-refractivity contribution in [2.45, 2.75) is 13.3 Å². The number of nitrogens with zero attached hydrogens (tertiary/aromatic N) is 2. The Kier molecular flexibility index (Phi) is 5.08. The first-order chi connectivity index (χ1) is 13.7. The zero-order valence-corrected chi connectivity index (χ0v) is 16.6. The van der Waals surface area contributed by atoms with E-state index in [1.165, 1.54) is 11.3 Å². The summed E-state index contributed by atoms with van der Waals surface area (Å²) in [6, 6.07) is 23.4. The van der Waals surface area contributed by atoms with Gasteiger partial charge in [-0.15, -0.1) is 0 Å². The standard InChI is InChI=1S/C23H20N2O2S/c1-16-9-3-6-12-19(16)25(23-24-18-11-5-8-14-21(18)28-23)22(26)15-17-10-4-7-13-20(17)27-2/h3-14H,15H2,1-2H3. The van der Waals surface area contributed by atoms with Gasteiger partial charge in [0.05, 0.1) is 29.4 Å². The molecule has 0 bridgehead atoms. The van der Waals surface area contributed by atoms with E-state index in [0.717, 1.165) is 27.0 Å². The molecular formula is C23H20N2O2S. The van der Waals surface area contributed by atoms with Crippen LogP contribution in [0, 0.1) is 6.92 Å². The molecule has 1 amide bonds. The molecule has 4 nitrogen and oxygen atoms in total. The van der Waals surface area contributed by atoms with Crippen LogP contribution in [0.15, 0.2) is 72.8 Å². The number of hydrogen-bond acceptors (Lipinski definition) is 4. The highest BCUT2D eigenvalue weighted by Crippen LogP contribution is 2.35. The number of para-hydroxylation sites is 3. The predicted molar refractivity (Wildman–Crippen MR) is 115 cm³/mol. The normalized spacial score (nSPS) is 10.8. The molecule has 5 heteroatoms. The molecule has 140 valence electrons. The Morgan fingerprint density at radius 2 is 1.71 bits per heavy atom. The van der Waals surface area contributed by atoms with Crippen LogP contribution in [0.25, 0.3) is 10.2 Å². The van der Waals surface area contributed by atoms with Gasteiger partial charge < -0.3 is 4.74 Å². The van der Waals surface area contributed by atoms with Crippen molar-refractivity contribution in [3.63, 3.8) is 0 Å². The summed E-state index contributed by atoms with van der Waals surface area (Å²) in [5.41, 5.74) is 3.62. The van der Waals surface area contributed by atoms with Gasteiger partial charge in [-0.1, -0.05) is 59.9 Å². The van der Waals surface area contributed by atoms with Crippen molar-refractivity contribution >= 4 is 38.3 Å². The van der Waals surface area contributed by atoms with Gasteiger partial charge in [0.25, 0.3) is 0 Å². The maximum atomic E-state index is 13.4. The second-order valence-electron chi connectivity index (χ2n) is 6.47. The van der Waals surface area contributed by atoms with E-state index in [-0.39, 0.29) is 12.3 Å². The van der Waals surface area contributed by atoms with Gasteiger partial charge >= 0.3 is 0 Å². The number of aryl methyl sites for hydroxylation is 1. The van der Waals surface area contributed by atoms with E-state index < -0.39 is 0 Å². The molecule has 0 atom stereocenters. The molecule has 28 heavy (non-hydrogen) atoms. The zero-order chi connectivity index (χ0) is 19.5. The van der Waals surface area contributed by atoms with E-state index in [1.54, 1.807) is 12.0 Å². The minimum atomic E-state index is -0.0437. The highest BCUT2D eigenvalue weighted by molar-refractivity contribution is 7.22. The molecule has 1 aromatic heterocycles. The molecule has 0 unspecified atom stereocenters. The van der Waals surface area contributed by atoms with E-state index in [4.69, 9.17) is 9.72 Å². The third kappa shape index (κ3) is 3.49. The third-order valence-electron chi connectivity index (χ3n) is 4.61. The number of carbonyl (C=O) groups excluding carboxylic acids is 1. The van der Waals surface area contributed by atoms with Crippen LogP contribution in [0.2, 0.25) is 0 Å². The molecule has 0 saturated carbocycles. The third-order valence-corrected chi connectivity index (χ3v) is 5.64. The smallest absolute Gasteiger partial charge is 0.237 e. The fraction of sp³-hybridized carbons (Fsp3) is 0.130. The molecule has 0 radical (unpaired) electrons. The summed E-state index contributed by atoms with van der Waals surface area (Å²) in [7, 11) is 1.62. The van der Waals surface area contributed by atoms with Crippen molar-refractivity contribution in [2.75, 3.05) is 12.0 Å². The van der Waals surface area contributed by atoms with Gasteiger partial charge in [0.2, 0.25) is 5.91 Å². The summed E-state index contributed by atoms with van der Waals surface area (Å²) < 4.78 is 6.48. The number of anilines is 2. The van der Waals surface area contributed by atoms with Gasteiger partial charge in [-0.25, -0.2) is 4.98 Å². The van der Waals surface area contributed by atoms with Crippen LogP contribution in [0.4, 0.5) is 10.8 Å². The lowest BCUT2D eigenvalue weighted by molar-refractivity contribution is -0.117. The average molecular weight is 388 g/mol. The Labute approximate surface area is 168 Å². The molecule has 4 aromatic rings. The molecule has 0 fully saturated rings. The van der Waals surface area contributed by atoms with E-state index in [2.05, 4.69) is 0 Å². The lowest BCUT2D eigenvalue weighted by Crippen LogP contribution is -2.28. The number of methoxy groups -OCH3 is 1. The minimum Gasteiger partial charge on any atom is -0.496 e. The number of thiazole rings is 1. The van der Waals surface area contributed by atoms with Gasteiger partial charge in [0.1, 0.15) is 5.75 Å². The van der Waals surface area contributed by atoms with Crippen LogP contribution < -0.4 is 9.64 Å². The van der Waals surface area contributed by atoms with Crippen molar-refractivity contribution < 1.29 is 9.53 Å². The van der Waals surface area contributed by atoms with Gasteiger partial charge in [0, 0.05) is 5.56 Å². The number of rotatable bonds is 5. The summed E-state index contributed by atoms with van der Waals surface area (Å²) in [6.45, 7) is 2.01. The van der Waals surface area contributed by atoms with Gasteiger partial charge in [0.15, 0.2) is 5.13 Å². The number of carbonyl (C=O) groups is 1. The fourth-order valence-corrected chi connectivity index (χ4v) is 4.20. The molecule has 0 saturated heterocycles. The zero-order valence-electron chi connectivity index (χ0n) is 15.8. The molecule has 3 aromatic carbocycles. The second-order valence-corrected chi connectivity index (χ2v) is 7.48. The van der Waals surface area contributed by atoms with Crippen molar-refractivity contribution in [1.82, 2.24) is 4.98 Å². The quantitative estimate of drug-likeness (QED) is 0.452. The van der Waals surface area contributed by atoms with Crippen LogP contribution in [0.3, 0.4) is 0 Å². The Bertz CT molecular complexity index is 1100. The summed E-state index contributed by atoms with van der Waals surface area (Å²) >= 11 is 1.52. The number of benzene rings is 3. The number of fused-ring (bicyclic) bond motifs is 1. The Morgan fingerprint density at radius 3 is 2.50 bits per heavy atom. The van der Waals surface area contributed by atoms with Crippen molar-refractivity contribution in [1.29, 1.82) is 0 Å². The maximum Gasteiger partial charge on any atom is 0.237 e. The lowest BCUT2D eigenvalue weighted by atomic mass is 10.1. The highest BCUT2D eigenvalue weighted by atomic mass is 32.1. The Morgan fingerprint density at radius 1 is 1.00 bits per heavy atom.